The minimum absolute atomic E-state index is 0.0379. The van der Waals surface area contributed by atoms with Crippen molar-refractivity contribution < 1.29 is 9.21 Å². The molecule has 1 amide bonds. The predicted molar refractivity (Wildman–Crippen MR) is 144 cm³/mol. The van der Waals surface area contributed by atoms with Gasteiger partial charge in [0.15, 0.2) is 5.58 Å². The standard InChI is InChI=1S/C28H29N7O2/c1-4-5-16-35(28-30-25-17-22(29-19(3)36)14-15-26(25)37-28)18(2)20-10-12-21(13-11-20)23-8-6-7-9-24(23)27-31-33-34-32-27/h6-15,17-18H,4-5,16H2,1-3H3,(H,29,36)(H,31,32,33,34)/t18-/m1/s1. The quantitative estimate of drug-likeness (QED) is 0.258. The van der Waals surface area contributed by atoms with E-state index < -0.39 is 0 Å². The van der Waals surface area contributed by atoms with Gasteiger partial charge < -0.3 is 14.6 Å². The number of carbonyl (C=O) groups excluding carboxylic acids is 1. The van der Waals surface area contributed by atoms with Gasteiger partial charge in [0.1, 0.15) is 5.52 Å². The second kappa shape index (κ2) is 10.6. The van der Waals surface area contributed by atoms with Gasteiger partial charge >= 0.3 is 0 Å². The molecule has 5 aromatic rings. The third kappa shape index (κ3) is 5.20. The number of unbranched alkanes of at least 4 members (excludes halogenated alkanes) is 1. The Labute approximate surface area is 214 Å². The molecule has 1 atom stereocenters. The topological polar surface area (TPSA) is 113 Å². The minimum atomic E-state index is -0.121. The first-order chi connectivity index (χ1) is 18.0. The number of tetrazole rings is 1. The molecule has 37 heavy (non-hydrogen) atoms. The van der Waals surface area contributed by atoms with Crippen LogP contribution in [0.5, 0.6) is 0 Å². The van der Waals surface area contributed by atoms with Crippen molar-refractivity contribution in [3.8, 4) is 22.5 Å². The van der Waals surface area contributed by atoms with E-state index in [-0.39, 0.29) is 11.9 Å². The summed E-state index contributed by atoms with van der Waals surface area (Å²) in [6.45, 7) is 6.63. The SMILES string of the molecule is CCCCN(c1nc2cc(NC(C)=O)ccc2o1)[C@H](C)c1ccc(-c2ccccc2-c2nn[nH]n2)cc1. The van der Waals surface area contributed by atoms with E-state index >= 15 is 0 Å². The lowest BCUT2D eigenvalue weighted by Crippen LogP contribution is -2.28. The van der Waals surface area contributed by atoms with Crippen molar-refractivity contribution in [2.45, 2.75) is 39.7 Å². The molecule has 0 aliphatic rings. The van der Waals surface area contributed by atoms with Gasteiger partial charge in [-0.1, -0.05) is 61.9 Å². The number of hydrogen-bond donors (Lipinski definition) is 2. The van der Waals surface area contributed by atoms with Crippen LogP contribution in [0, 0.1) is 0 Å². The summed E-state index contributed by atoms with van der Waals surface area (Å²) in [6.07, 6.45) is 2.07. The summed E-state index contributed by atoms with van der Waals surface area (Å²) in [5, 5.41) is 17.3. The molecule has 2 N–H and O–H groups in total. The van der Waals surface area contributed by atoms with Gasteiger partial charge in [-0.3, -0.25) is 4.79 Å². The van der Waals surface area contributed by atoms with Crippen molar-refractivity contribution in [3.63, 3.8) is 0 Å². The van der Waals surface area contributed by atoms with Crippen molar-refractivity contribution in [2.24, 2.45) is 0 Å². The van der Waals surface area contributed by atoms with Crippen molar-refractivity contribution in [3.05, 3.63) is 72.3 Å². The summed E-state index contributed by atoms with van der Waals surface area (Å²) >= 11 is 0. The second-order valence-corrected chi connectivity index (χ2v) is 8.99. The number of amides is 1. The fraction of sp³-hybridized carbons (Fsp3) is 0.250. The lowest BCUT2D eigenvalue weighted by molar-refractivity contribution is -0.114. The number of carbonyl (C=O) groups is 1. The molecule has 9 nitrogen and oxygen atoms in total. The number of aromatic nitrogens is 5. The van der Waals surface area contributed by atoms with Crippen LogP contribution in [0.15, 0.2) is 71.1 Å². The van der Waals surface area contributed by atoms with Crippen LogP contribution in [0.4, 0.5) is 11.7 Å². The van der Waals surface area contributed by atoms with E-state index in [1.54, 1.807) is 0 Å². The van der Waals surface area contributed by atoms with Gasteiger partial charge in [0.05, 0.1) is 6.04 Å². The van der Waals surface area contributed by atoms with E-state index in [9.17, 15) is 4.79 Å². The fourth-order valence-electron chi connectivity index (χ4n) is 4.43. The summed E-state index contributed by atoms with van der Waals surface area (Å²) in [6, 6.07) is 22.7. The van der Waals surface area contributed by atoms with Gasteiger partial charge in [-0.25, -0.2) is 0 Å². The Hall–Kier alpha value is -4.53. The van der Waals surface area contributed by atoms with Gasteiger partial charge in [-0.15, -0.1) is 10.2 Å². The maximum absolute atomic E-state index is 11.4. The molecular weight excluding hydrogens is 466 g/mol. The zero-order valence-corrected chi connectivity index (χ0v) is 21.1. The minimum Gasteiger partial charge on any atom is -0.423 e. The third-order valence-corrected chi connectivity index (χ3v) is 6.38. The van der Waals surface area contributed by atoms with Crippen molar-refractivity contribution in [1.29, 1.82) is 0 Å². The van der Waals surface area contributed by atoms with Crippen LogP contribution < -0.4 is 10.2 Å². The van der Waals surface area contributed by atoms with Crippen LogP contribution in [0.3, 0.4) is 0 Å². The largest absolute Gasteiger partial charge is 0.423 e. The summed E-state index contributed by atoms with van der Waals surface area (Å²) in [4.78, 5) is 18.4. The average molecular weight is 496 g/mol. The average Bonchev–Trinajstić information content (AvgIpc) is 3.59. The smallest absolute Gasteiger partial charge is 0.298 e. The van der Waals surface area contributed by atoms with Crippen LogP contribution in [0.1, 0.15) is 45.2 Å². The number of anilines is 2. The summed E-state index contributed by atoms with van der Waals surface area (Å²) < 4.78 is 6.16. The number of H-pyrrole nitrogens is 1. The Balaban J connectivity index is 1.43. The maximum Gasteiger partial charge on any atom is 0.298 e. The zero-order valence-electron chi connectivity index (χ0n) is 21.1. The summed E-state index contributed by atoms with van der Waals surface area (Å²) in [7, 11) is 0. The predicted octanol–water partition coefficient (Wildman–Crippen LogP) is 6.00. The van der Waals surface area contributed by atoms with Crippen LogP contribution in [-0.2, 0) is 4.79 Å². The highest BCUT2D eigenvalue weighted by atomic mass is 16.4. The highest BCUT2D eigenvalue weighted by Crippen LogP contribution is 2.34. The highest BCUT2D eigenvalue weighted by Gasteiger charge is 2.22. The Morgan fingerprint density at radius 3 is 2.57 bits per heavy atom. The number of nitrogens with zero attached hydrogens (tertiary/aromatic N) is 5. The third-order valence-electron chi connectivity index (χ3n) is 6.38. The molecule has 0 saturated carbocycles. The number of aromatic amines is 1. The molecule has 3 aromatic carbocycles. The second-order valence-electron chi connectivity index (χ2n) is 8.99. The van der Waals surface area contributed by atoms with E-state index in [1.807, 2.05) is 36.4 Å². The van der Waals surface area contributed by atoms with E-state index in [1.165, 1.54) is 6.92 Å². The van der Waals surface area contributed by atoms with Crippen molar-refractivity contribution in [2.75, 3.05) is 16.8 Å². The van der Waals surface area contributed by atoms with Crippen LogP contribution in [0.2, 0.25) is 0 Å². The molecule has 188 valence electrons. The first-order valence-electron chi connectivity index (χ1n) is 12.4. The lowest BCUT2D eigenvalue weighted by atomic mass is 9.97. The van der Waals surface area contributed by atoms with Crippen LogP contribution in [-0.4, -0.2) is 38.1 Å². The first kappa shape index (κ1) is 24.2. The highest BCUT2D eigenvalue weighted by molar-refractivity contribution is 5.91. The van der Waals surface area contributed by atoms with Gasteiger partial charge in [0.25, 0.3) is 6.01 Å². The molecule has 2 heterocycles. The number of oxazole rings is 1. The lowest BCUT2D eigenvalue weighted by Gasteiger charge is -2.28. The number of benzene rings is 3. The van der Waals surface area contributed by atoms with Crippen LogP contribution >= 0.6 is 0 Å². The molecule has 2 aromatic heterocycles. The number of rotatable bonds is 9. The molecule has 0 radical (unpaired) electrons. The number of fused-ring (bicyclic) bond motifs is 1. The van der Waals surface area contributed by atoms with Crippen LogP contribution in [0.25, 0.3) is 33.6 Å². The molecule has 0 aliphatic heterocycles. The van der Waals surface area contributed by atoms with E-state index in [4.69, 9.17) is 9.40 Å². The normalized spacial score (nSPS) is 12.0. The maximum atomic E-state index is 11.4. The molecule has 5 rings (SSSR count). The molecule has 0 fully saturated rings. The van der Waals surface area contributed by atoms with E-state index in [2.05, 4.69) is 75.0 Å². The molecule has 0 spiro atoms. The Morgan fingerprint density at radius 2 is 1.86 bits per heavy atom. The molecule has 0 aliphatic carbocycles. The van der Waals surface area contributed by atoms with Crippen molar-refractivity contribution in [1.82, 2.24) is 25.6 Å². The molecular formula is C28H29N7O2. The Bertz CT molecular complexity index is 1490. The first-order valence-corrected chi connectivity index (χ1v) is 12.4. The number of hydrogen-bond acceptors (Lipinski definition) is 7. The van der Waals surface area contributed by atoms with Gasteiger partial charge in [-0.2, -0.15) is 10.2 Å². The van der Waals surface area contributed by atoms with Gasteiger partial charge in [0, 0.05) is 24.7 Å². The fourth-order valence-corrected chi connectivity index (χ4v) is 4.43. The van der Waals surface area contributed by atoms with Gasteiger partial charge in [-0.05, 0) is 53.4 Å². The summed E-state index contributed by atoms with van der Waals surface area (Å²) in [5.74, 6) is 0.445. The molecule has 0 unspecified atom stereocenters. The number of nitrogens with one attached hydrogen (secondary N) is 2. The zero-order chi connectivity index (χ0) is 25.8. The molecule has 0 saturated heterocycles. The Kier molecular flexibility index (Phi) is 6.93. The van der Waals surface area contributed by atoms with Gasteiger partial charge in [0.2, 0.25) is 11.7 Å². The Morgan fingerprint density at radius 1 is 1.08 bits per heavy atom. The molecule has 0 bridgehead atoms. The molecule has 9 heteroatoms. The van der Waals surface area contributed by atoms with Crippen molar-refractivity contribution >= 4 is 28.7 Å². The van der Waals surface area contributed by atoms with E-state index in [0.29, 0.717) is 28.6 Å². The summed E-state index contributed by atoms with van der Waals surface area (Å²) in [5.41, 5.74) is 6.28. The monoisotopic (exact) mass is 495 g/mol. The van der Waals surface area contributed by atoms with E-state index in [0.717, 1.165) is 41.6 Å².